The molecule has 1 aromatic carbocycles. The number of Topliss-reactive ketones (excluding diaryl/α,β-unsaturated/α-hetero) is 2. The second kappa shape index (κ2) is 14.1. The third-order valence-electron chi connectivity index (χ3n) is 13.1. The Hall–Kier alpha value is -4.07. The summed E-state index contributed by atoms with van der Waals surface area (Å²) in [5.74, 6) is 4.27. The van der Waals surface area contributed by atoms with E-state index in [1.165, 1.54) is 44.9 Å². The lowest BCUT2D eigenvalue weighted by Gasteiger charge is -2.57. The van der Waals surface area contributed by atoms with Crippen LogP contribution in [0.15, 0.2) is 59.5 Å². The van der Waals surface area contributed by atoms with Crippen molar-refractivity contribution in [2.24, 2.45) is 23.2 Å². The minimum absolute atomic E-state index is 0.0132. The van der Waals surface area contributed by atoms with Gasteiger partial charge in [0.2, 0.25) is 5.91 Å². The van der Waals surface area contributed by atoms with Crippen LogP contribution < -0.4 is 4.90 Å². The van der Waals surface area contributed by atoms with Gasteiger partial charge in [0.25, 0.3) is 0 Å². The highest BCUT2D eigenvalue weighted by molar-refractivity contribution is 6.09. The third-order valence-corrected chi connectivity index (χ3v) is 13.1. The van der Waals surface area contributed by atoms with E-state index in [0.29, 0.717) is 36.1 Å². The van der Waals surface area contributed by atoms with Gasteiger partial charge in [0, 0.05) is 74.2 Å². The number of benzene rings is 1. The Labute approximate surface area is 308 Å². The summed E-state index contributed by atoms with van der Waals surface area (Å²) in [7, 11) is 0. The van der Waals surface area contributed by atoms with E-state index in [1.807, 2.05) is 30.8 Å². The summed E-state index contributed by atoms with van der Waals surface area (Å²) in [6, 6.07) is 8.35. The molecule has 0 radical (unpaired) electrons. The zero-order valence-electron chi connectivity index (χ0n) is 31.6. The Balaban J connectivity index is 0.907. The number of aromatic nitrogens is 3. The van der Waals surface area contributed by atoms with Crippen LogP contribution >= 0.6 is 0 Å². The van der Waals surface area contributed by atoms with E-state index in [2.05, 4.69) is 53.0 Å². The Morgan fingerprint density at radius 1 is 0.904 bits per heavy atom. The monoisotopic (exact) mass is 701 g/mol. The van der Waals surface area contributed by atoms with Crippen LogP contribution in [0.3, 0.4) is 0 Å². The fourth-order valence-electron chi connectivity index (χ4n) is 11.0. The van der Waals surface area contributed by atoms with Gasteiger partial charge in [-0.1, -0.05) is 11.6 Å². The first kappa shape index (κ1) is 35.0. The number of rotatable bonds is 11. The van der Waals surface area contributed by atoms with Crippen molar-refractivity contribution in [3.8, 4) is 11.1 Å². The van der Waals surface area contributed by atoms with Crippen molar-refractivity contribution in [3.63, 3.8) is 0 Å². The van der Waals surface area contributed by atoms with Crippen molar-refractivity contribution < 1.29 is 14.4 Å². The van der Waals surface area contributed by atoms with Crippen molar-refractivity contribution in [2.45, 2.75) is 111 Å². The van der Waals surface area contributed by atoms with Crippen LogP contribution in [0.1, 0.15) is 121 Å². The van der Waals surface area contributed by atoms with Crippen molar-refractivity contribution >= 4 is 34.2 Å². The van der Waals surface area contributed by atoms with E-state index in [-0.39, 0.29) is 24.0 Å². The lowest BCUT2D eigenvalue weighted by Crippen LogP contribution is -2.49. The molecule has 4 bridgehead atoms. The number of hydrogen-bond acceptors (Lipinski definition) is 6. The van der Waals surface area contributed by atoms with E-state index in [0.717, 1.165) is 94.9 Å². The molecule has 0 N–H and O–H groups in total. The zero-order valence-corrected chi connectivity index (χ0v) is 31.6. The van der Waals surface area contributed by atoms with Crippen LogP contribution in [0.5, 0.6) is 0 Å². The number of piperazine rings is 1. The smallest absolute Gasteiger partial charge is 0.222 e. The van der Waals surface area contributed by atoms with E-state index in [4.69, 9.17) is 4.98 Å². The number of pyridine rings is 1. The van der Waals surface area contributed by atoms with Crippen LogP contribution in [-0.4, -0.2) is 63.3 Å². The predicted octanol–water partition coefficient (Wildman–Crippen LogP) is 8.91. The molecule has 1 amide bonds. The summed E-state index contributed by atoms with van der Waals surface area (Å²) in [6.07, 6.45) is 18.6. The molecule has 6 aliphatic rings. The van der Waals surface area contributed by atoms with Gasteiger partial charge in [-0.15, -0.1) is 0 Å². The van der Waals surface area contributed by atoms with Gasteiger partial charge in [0.1, 0.15) is 5.82 Å². The number of allylic oxidation sites excluding steroid dienone is 4. The van der Waals surface area contributed by atoms with Crippen LogP contribution in [-0.2, 0) is 9.59 Å². The highest BCUT2D eigenvalue weighted by Crippen LogP contribution is 2.61. The fourth-order valence-corrected chi connectivity index (χ4v) is 11.0. The van der Waals surface area contributed by atoms with Crippen LogP contribution in [0.25, 0.3) is 22.0 Å². The van der Waals surface area contributed by atoms with Gasteiger partial charge < -0.3 is 9.80 Å². The lowest BCUT2D eigenvalue weighted by atomic mass is 9.48. The van der Waals surface area contributed by atoms with Crippen molar-refractivity contribution in [1.82, 2.24) is 19.7 Å². The Morgan fingerprint density at radius 2 is 1.62 bits per heavy atom. The number of nitrogens with zero attached hydrogens (tertiary/aromatic N) is 5. The Morgan fingerprint density at radius 3 is 2.25 bits per heavy atom. The molecule has 1 aliphatic heterocycles. The van der Waals surface area contributed by atoms with E-state index in [1.54, 1.807) is 6.20 Å². The molecule has 1 saturated heterocycles. The van der Waals surface area contributed by atoms with Crippen LogP contribution in [0.4, 0.5) is 5.82 Å². The first-order valence-corrected chi connectivity index (χ1v) is 20.0. The van der Waals surface area contributed by atoms with Gasteiger partial charge in [-0.25, -0.2) is 4.98 Å². The van der Waals surface area contributed by atoms with E-state index in [9.17, 15) is 14.4 Å². The quantitative estimate of drug-likeness (QED) is 0.186. The molecule has 3 aromatic rings. The van der Waals surface area contributed by atoms with Gasteiger partial charge in [0.05, 0.1) is 11.7 Å². The minimum atomic E-state index is 0.0132. The molecule has 3 heterocycles. The largest absolute Gasteiger partial charge is 0.353 e. The molecule has 5 fully saturated rings. The van der Waals surface area contributed by atoms with Gasteiger partial charge in [-0.2, -0.15) is 5.10 Å². The normalized spacial score (nSPS) is 25.8. The molecule has 52 heavy (non-hydrogen) atoms. The molecule has 8 nitrogen and oxygen atoms in total. The number of hydrogen-bond donors (Lipinski definition) is 0. The van der Waals surface area contributed by atoms with Crippen molar-refractivity contribution in [3.05, 3.63) is 65.0 Å². The standard InChI is InChI=1S/C44H55N5O3/c1-28(2)49-39-22-35(21-37(38(39)27-46-49)40(50)9-8-36-30(4)16-29(3)17-41(36)51)34-7-10-42(45-26-34)47-12-14-48(15-13-47)43(52)6-5-11-44-23-31-18-32(24-44)20-33(19-31)25-44/h7,10,16,21-22,26-28,31-33H,5-6,8-9,11-15,17-20,23-25H2,1-4H3. The second-order valence-corrected chi connectivity index (χ2v) is 17.4. The topological polar surface area (TPSA) is 88.4 Å². The first-order chi connectivity index (χ1) is 25.0. The van der Waals surface area contributed by atoms with Gasteiger partial charge in [-0.05, 0) is 150 Å². The number of anilines is 1. The summed E-state index contributed by atoms with van der Waals surface area (Å²) in [5, 5.41) is 5.48. The second-order valence-electron chi connectivity index (χ2n) is 17.4. The molecule has 2 aromatic heterocycles. The minimum Gasteiger partial charge on any atom is -0.353 e. The number of ketones is 2. The predicted molar refractivity (Wildman–Crippen MR) is 206 cm³/mol. The Bertz CT molecular complexity index is 1910. The molecule has 8 heteroatoms. The molecule has 274 valence electrons. The highest BCUT2D eigenvalue weighted by atomic mass is 16.2. The number of fused-ring (bicyclic) bond motifs is 1. The number of carbonyl (C=O) groups excluding carboxylic acids is 3. The lowest BCUT2D eigenvalue weighted by molar-refractivity contribution is -0.132. The summed E-state index contributed by atoms with van der Waals surface area (Å²) in [4.78, 5) is 49.0. The molecule has 0 unspecified atom stereocenters. The maximum absolute atomic E-state index is 13.8. The van der Waals surface area contributed by atoms with Gasteiger partial charge in [0.15, 0.2) is 11.6 Å². The van der Waals surface area contributed by atoms with Gasteiger partial charge in [-0.3, -0.25) is 19.1 Å². The third kappa shape index (κ3) is 6.90. The molecule has 0 atom stereocenters. The number of amides is 1. The summed E-state index contributed by atoms with van der Waals surface area (Å²) < 4.78 is 1.96. The van der Waals surface area contributed by atoms with Crippen molar-refractivity contribution in [2.75, 3.05) is 31.1 Å². The molecular formula is C44H55N5O3. The van der Waals surface area contributed by atoms with Crippen LogP contribution in [0, 0.1) is 23.2 Å². The average molecular weight is 702 g/mol. The van der Waals surface area contributed by atoms with E-state index >= 15 is 0 Å². The zero-order chi connectivity index (χ0) is 36.1. The summed E-state index contributed by atoms with van der Waals surface area (Å²) in [6.45, 7) is 11.1. The highest BCUT2D eigenvalue weighted by Gasteiger charge is 2.50. The van der Waals surface area contributed by atoms with Gasteiger partial charge >= 0.3 is 0 Å². The molecular weight excluding hydrogens is 647 g/mol. The Kier molecular flexibility index (Phi) is 9.46. The fraction of sp³-hybridized carbons (Fsp3) is 0.568. The van der Waals surface area contributed by atoms with Crippen LogP contribution in [0.2, 0.25) is 0 Å². The maximum Gasteiger partial charge on any atom is 0.222 e. The number of carbonyl (C=O) groups is 3. The first-order valence-electron chi connectivity index (χ1n) is 20.0. The molecule has 9 rings (SSSR count). The molecule has 4 saturated carbocycles. The van der Waals surface area contributed by atoms with Crippen molar-refractivity contribution in [1.29, 1.82) is 0 Å². The molecule has 0 spiro atoms. The SMILES string of the molecule is CC1=CC(C)=C(CCC(=O)c2cc(-c3ccc(N4CCN(C(=O)CCCC56CC7CC(CC(C7)C5)C6)CC4)nc3)cc3c2cnn3C(C)C)C(=O)C1. The maximum atomic E-state index is 13.8. The van der Waals surface area contributed by atoms with E-state index < -0.39 is 0 Å². The summed E-state index contributed by atoms with van der Waals surface area (Å²) >= 11 is 0. The molecule has 5 aliphatic carbocycles. The average Bonchev–Trinajstić information content (AvgIpc) is 3.55. The summed E-state index contributed by atoms with van der Waals surface area (Å²) in [5.41, 5.74) is 6.76.